The van der Waals surface area contributed by atoms with Crippen LogP contribution >= 0.6 is 11.3 Å². The Hall–Kier alpha value is -7.35. The first-order chi connectivity index (χ1) is 27.5. The molecule has 0 atom stereocenters. The first-order valence-electron chi connectivity index (χ1n) is 18.1. The number of nitrogens with one attached hydrogen (secondary N) is 1. The third-order valence-corrected chi connectivity index (χ3v) is 10.7. The molecule has 7 heteroatoms. The van der Waals surface area contributed by atoms with Crippen molar-refractivity contribution in [2.75, 3.05) is 0 Å². The van der Waals surface area contributed by atoms with E-state index < -0.39 is 0 Å². The minimum Gasteiger partial charge on any atom is -0.456 e. The van der Waals surface area contributed by atoms with Crippen molar-refractivity contribution in [3.05, 3.63) is 193 Å². The topological polar surface area (TPSA) is 88.0 Å². The Morgan fingerprint density at radius 1 is 0.607 bits per heavy atom. The number of thiophene rings is 1. The average Bonchev–Trinajstić information content (AvgIpc) is 3.82. The van der Waals surface area contributed by atoms with E-state index in [0.717, 1.165) is 76.0 Å². The van der Waals surface area contributed by atoms with E-state index in [1.54, 1.807) is 29.6 Å². The average molecular weight is 740 g/mol. The summed E-state index contributed by atoms with van der Waals surface area (Å²) >= 11 is 1.54. The van der Waals surface area contributed by atoms with Crippen molar-refractivity contribution in [2.45, 2.75) is 0 Å². The maximum atomic E-state index is 8.89. The predicted molar refractivity (Wildman–Crippen MR) is 233 cm³/mol. The van der Waals surface area contributed by atoms with E-state index in [1.165, 1.54) is 0 Å². The zero-order chi connectivity index (χ0) is 38.0. The minimum atomic E-state index is 0.335. The van der Waals surface area contributed by atoms with Gasteiger partial charge in [0.1, 0.15) is 11.2 Å². The molecule has 1 N–H and O–H groups in total. The van der Waals surface area contributed by atoms with Crippen LogP contribution in [0.25, 0.3) is 77.3 Å². The third kappa shape index (κ3) is 6.68. The molecule has 0 unspecified atom stereocenters. The summed E-state index contributed by atoms with van der Waals surface area (Å²) in [6.07, 6.45) is 7.08. The highest BCUT2D eigenvalue weighted by Gasteiger charge is 2.18. The SMILES string of the molecule is C=C/C=C\C(=C)C(=N)c1sc2ccccc2c1N=Cc1ccc2c(c1)oc1ccc(-c3nc(-c4ccccc4)nc(-c4ccc(-c5ccccc5)cc4)n3)cc12. The summed E-state index contributed by atoms with van der Waals surface area (Å²) in [5.41, 5.74) is 9.02. The second-order valence-corrected chi connectivity index (χ2v) is 14.3. The quantitative estimate of drug-likeness (QED) is 0.112. The fourth-order valence-corrected chi connectivity index (χ4v) is 7.82. The highest BCUT2D eigenvalue weighted by Crippen LogP contribution is 2.40. The molecule has 266 valence electrons. The van der Waals surface area contributed by atoms with Gasteiger partial charge in [0.05, 0.1) is 16.3 Å². The highest BCUT2D eigenvalue weighted by atomic mass is 32.1. The van der Waals surface area contributed by atoms with E-state index in [1.807, 2.05) is 97.2 Å². The van der Waals surface area contributed by atoms with Crippen LogP contribution < -0.4 is 0 Å². The Kier molecular flexibility index (Phi) is 9.11. The van der Waals surface area contributed by atoms with Crippen molar-refractivity contribution in [2.24, 2.45) is 4.99 Å². The van der Waals surface area contributed by atoms with Crippen LogP contribution in [-0.2, 0) is 0 Å². The van der Waals surface area contributed by atoms with E-state index >= 15 is 0 Å². The van der Waals surface area contributed by atoms with E-state index in [9.17, 15) is 0 Å². The van der Waals surface area contributed by atoms with Crippen molar-refractivity contribution >= 4 is 61.0 Å². The molecule has 0 radical (unpaired) electrons. The fourth-order valence-electron chi connectivity index (χ4n) is 6.69. The van der Waals surface area contributed by atoms with Crippen LogP contribution in [0, 0.1) is 5.41 Å². The summed E-state index contributed by atoms with van der Waals surface area (Å²) in [5, 5.41) is 11.8. The molecule has 0 aliphatic rings. The maximum Gasteiger partial charge on any atom is 0.164 e. The number of hydrogen-bond donors (Lipinski definition) is 1. The van der Waals surface area contributed by atoms with Gasteiger partial charge in [0.2, 0.25) is 0 Å². The molecule has 9 aromatic rings. The van der Waals surface area contributed by atoms with Gasteiger partial charge in [-0.2, -0.15) is 0 Å². The largest absolute Gasteiger partial charge is 0.456 e. The van der Waals surface area contributed by atoms with Crippen LogP contribution in [0.5, 0.6) is 0 Å². The molecule has 0 saturated heterocycles. The summed E-state index contributed by atoms with van der Waals surface area (Å²) in [7, 11) is 0. The third-order valence-electron chi connectivity index (χ3n) is 9.56. The number of fused-ring (bicyclic) bond motifs is 4. The molecule has 0 aliphatic carbocycles. The lowest BCUT2D eigenvalue weighted by molar-refractivity contribution is 0.669. The molecule has 9 rings (SSSR count). The van der Waals surface area contributed by atoms with Gasteiger partial charge in [-0.1, -0.05) is 141 Å². The van der Waals surface area contributed by atoms with Crippen LogP contribution in [0.3, 0.4) is 0 Å². The van der Waals surface area contributed by atoms with Crippen molar-refractivity contribution < 1.29 is 4.42 Å². The predicted octanol–water partition coefficient (Wildman–Crippen LogP) is 13.1. The summed E-state index contributed by atoms with van der Waals surface area (Å²) in [4.78, 5) is 20.6. The van der Waals surface area contributed by atoms with Gasteiger partial charge in [-0.05, 0) is 58.7 Å². The van der Waals surface area contributed by atoms with Crippen LogP contribution in [0.2, 0.25) is 0 Å². The Labute approximate surface area is 327 Å². The van der Waals surface area contributed by atoms with Gasteiger partial charge in [0, 0.05) is 43.8 Å². The summed E-state index contributed by atoms with van der Waals surface area (Å²) in [5.74, 6) is 1.78. The smallest absolute Gasteiger partial charge is 0.164 e. The molecule has 0 fully saturated rings. The summed E-state index contributed by atoms with van der Waals surface area (Å²) < 4.78 is 7.44. The van der Waals surface area contributed by atoms with Crippen LogP contribution in [0.4, 0.5) is 5.69 Å². The van der Waals surface area contributed by atoms with Gasteiger partial charge in [-0.3, -0.25) is 10.4 Å². The van der Waals surface area contributed by atoms with Crippen molar-refractivity contribution in [1.29, 1.82) is 5.41 Å². The number of furan rings is 1. The van der Waals surface area contributed by atoms with Gasteiger partial charge in [0.25, 0.3) is 0 Å². The first-order valence-corrected chi connectivity index (χ1v) is 18.9. The van der Waals surface area contributed by atoms with Gasteiger partial charge in [-0.15, -0.1) is 11.3 Å². The molecule has 0 amide bonds. The monoisotopic (exact) mass is 739 g/mol. The zero-order valence-electron chi connectivity index (χ0n) is 30.2. The number of benzene rings is 6. The number of aromatic nitrogens is 3. The minimum absolute atomic E-state index is 0.335. The van der Waals surface area contributed by atoms with Crippen molar-refractivity contribution in [1.82, 2.24) is 15.0 Å². The molecule has 6 nitrogen and oxygen atoms in total. The second kappa shape index (κ2) is 14.8. The highest BCUT2D eigenvalue weighted by molar-refractivity contribution is 7.21. The molecule has 56 heavy (non-hydrogen) atoms. The maximum absolute atomic E-state index is 8.89. The fraction of sp³-hybridized carbons (Fsp3) is 0. The Morgan fingerprint density at radius 2 is 1.21 bits per heavy atom. The summed E-state index contributed by atoms with van der Waals surface area (Å²) in [6, 6.07) is 48.9. The van der Waals surface area contributed by atoms with E-state index in [2.05, 4.69) is 67.8 Å². The van der Waals surface area contributed by atoms with Crippen LogP contribution in [0.15, 0.2) is 192 Å². The normalized spacial score (nSPS) is 11.6. The van der Waals surface area contributed by atoms with Crippen LogP contribution in [0.1, 0.15) is 10.4 Å². The van der Waals surface area contributed by atoms with E-state index in [4.69, 9.17) is 29.8 Å². The number of allylic oxidation sites excluding steroid dienone is 4. The molecular weight excluding hydrogens is 707 g/mol. The first kappa shape index (κ1) is 34.4. The molecular formula is C49H33N5OS. The van der Waals surface area contributed by atoms with Gasteiger partial charge < -0.3 is 4.42 Å². The van der Waals surface area contributed by atoms with Gasteiger partial charge in [-0.25, -0.2) is 15.0 Å². The van der Waals surface area contributed by atoms with E-state index in [0.29, 0.717) is 28.8 Å². The number of rotatable bonds is 10. The second-order valence-electron chi connectivity index (χ2n) is 13.2. The molecule has 3 aromatic heterocycles. The van der Waals surface area contributed by atoms with Crippen molar-refractivity contribution in [3.63, 3.8) is 0 Å². The van der Waals surface area contributed by atoms with Crippen LogP contribution in [-0.4, -0.2) is 26.9 Å². The molecule has 0 spiro atoms. The standard InChI is InChI=1S/C49H33N5OS/c1-3-4-13-31(2)44(50)46-45(39-18-11-12-19-43(39)56-46)51-30-32-20-26-38-40-29-37(25-27-41(40)55-42(38)28-32)49-53-47(35-16-9-6-10-17-35)52-48(54-49)36-23-21-34(22-24-36)33-14-7-5-8-15-33/h3-30,50H,1-2H2/b13-4-,50-44?,51-30?. The lowest BCUT2D eigenvalue weighted by Gasteiger charge is -2.09. The molecule has 0 saturated carbocycles. The molecule has 0 bridgehead atoms. The Morgan fingerprint density at radius 3 is 1.95 bits per heavy atom. The van der Waals surface area contributed by atoms with Gasteiger partial charge in [0.15, 0.2) is 17.5 Å². The zero-order valence-corrected chi connectivity index (χ0v) is 31.0. The molecule has 3 heterocycles. The lowest BCUT2D eigenvalue weighted by Crippen LogP contribution is -2.00. The lowest BCUT2D eigenvalue weighted by atomic mass is 10.0. The molecule has 6 aromatic carbocycles. The van der Waals surface area contributed by atoms with E-state index in [-0.39, 0.29) is 0 Å². The van der Waals surface area contributed by atoms with Gasteiger partial charge >= 0.3 is 0 Å². The Bertz CT molecular complexity index is 3010. The molecule has 0 aliphatic heterocycles. The summed E-state index contributed by atoms with van der Waals surface area (Å²) in [6.45, 7) is 7.83. The Balaban J connectivity index is 1.07. The number of hydrogen-bond acceptors (Lipinski definition) is 7. The number of aliphatic imine (C=N–C) groups is 1. The number of nitrogens with zero attached hydrogens (tertiary/aromatic N) is 4. The van der Waals surface area contributed by atoms with Crippen molar-refractivity contribution in [3.8, 4) is 45.3 Å².